The maximum Gasteiger partial charge on any atom is 0.159 e. The Hall–Kier alpha value is -4.82. The minimum absolute atomic E-state index is 0.665. The number of imidazole rings is 1. The Morgan fingerprint density at radius 3 is 2.71 bits per heavy atom. The second-order valence-electron chi connectivity index (χ2n) is 10.5. The lowest BCUT2D eigenvalue weighted by atomic mass is 9.93. The minimum Gasteiger partial charge on any atom is -0.358 e. The second-order valence-corrected chi connectivity index (χ2v) is 10.5. The standard InChI is InChI=1S/C33H34N8/c1-4-29-28(16-21(2)25-18-26(20-36-19-25)37-22(3)17-23-8-12-34-13-9-23)32(41-40-29)33-38-30-7-5-6-27(31(30)39-33)24-10-14-35-15-11-24/h4-7,10-11,14-16,18-20,23,34,37,40H,2-3,8-9,12-13,17H2,1H3,(H,38,39)/b28-16+,29-4+. The summed E-state index contributed by atoms with van der Waals surface area (Å²) < 4.78 is 0. The van der Waals surface area contributed by atoms with Gasteiger partial charge in [-0.15, -0.1) is 0 Å². The highest BCUT2D eigenvalue weighted by atomic mass is 15.1. The molecule has 0 bridgehead atoms. The van der Waals surface area contributed by atoms with Crippen LogP contribution in [0.3, 0.4) is 0 Å². The number of fused-ring (bicyclic) bond motifs is 1. The molecule has 6 rings (SSSR count). The first-order valence-corrected chi connectivity index (χ1v) is 14.0. The molecule has 0 unspecified atom stereocenters. The van der Waals surface area contributed by atoms with Gasteiger partial charge in [-0.05, 0) is 86.7 Å². The molecule has 0 spiro atoms. The Bertz CT molecular complexity index is 1820. The van der Waals surface area contributed by atoms with E-state index < -0.39 is 0 Å². The molecule has 1 aromatic carbocycles. The summed E-state index contributed by atoms with van der Waals surface area (Å²) in [5.41, 5.74) is 8.33. The molecule has 5 aromatic rings. The maximum absolute atomic E-state index is 4.98. The van der Waals surface area contributed by atoms with Crippen molar-refractivity contribution in [2.45, 2.75) is 26.2 Å². The summed E-state index contributed by atoms with van der Waals surface area (Å²) in [7, 11) is 0. The van der Waals surface area contributed by atoms with Crippen molar-refractivity contribution >= 4 is 34.4 Å². The van der Waals surface area contributed by atoms with Gasteiger partial charge in [0.05, 0.1) is 28.3 Å². The minimum atomic E-state index is 0.665. The lowest BCUT2D eigenvalue weighted by Gasteiger charge is -2.23. The number of nitrogens with one attached hydrogen (secondary N) is 4. The molecule has 206 valence electrons. The zero-order chi connectivity index (χ0) is 28.2. The van der Waals surface area contributed by atoms with Crippen molar-refractivity contribution < 1.29 is 0 Å². The van der Waals surface area contributed by atoms with Crippen LogP contribution in [0, 0.1) is 5.92 Å². The van der Waals surface area contributed by atoms with E-state index in [1.165, 1.54) is 12.8 Å². The third-order valence-electron chi connectivity index (χ3n) is 7.59. The number of hydrogen-bond donors (Lipinski definition) is 4. The van der Waals surface area contributed by atoms with Crippen molar-refractivity contribution in [3.05, 3.63) is 96.2 Å². The van der Waals surface area contributed by atoms with E-state index in [1.807, 2.05) is 55.7 Å². The van der Waals surface area contributed by atoms with Gasteiger partial charge in [0.25, 0.3) is 0 Å². The van der Waals surface area contributed by atoms with Gasteiger partial charge in [0.15, 0.2) is 5.82 Å². The largest absolute Gasteiger partial charge is 0.358 e. The van der Waals surface area contributed by atoms with Gasteiger partial charge in [0.2, 0.25) is 0 Å². The lowest BCUT2D eigenvalue weighted by Crippen LogP contribution is -2.28. The summed E-state index contributed by atoms with van der Waals surface area (Å²) in [6.07, 6.45) is 14.6. The van der Waals surface area contributed by atoms with Crippen molar-refractivity contribution in [1.82, 2.24) is 35.5 Å². The summed E-state index contributed by atoms with van der Waals surface area (Å²) in [6.45, 7) is 12.8. The fourth-order valence-electron chi connectivity index (χ4n) is 5.45. The molecule has 1 saturated heterocycles. The predicted molar refractivity (Wildman–Crippen MR) is 167 cm³/mol. The zero-order valence-electron chi connectivity index (χ0n) is 23.2. The third kappa shape index (κ3) is 5.73. The summed E-state index contributed by atoms with van der Waals surface area (Å²) >= 11 is 0. The number of anilines is 1. The molecule has 4 aromatic heterocycles. The van der Waals surface area contributed by atoms with Gasteiger partial charge in [-0.25, -0.2) is 4.98 Å². The van der Waals surface area contributed by atoms with Crippen LogP contribution in [0.15, 0.2) is 80.0 Å². The molecule has 8 nitrogen and oxygen atoms in total. The molecule has 1 fully saturated rings. The average Bonchev–Trinajstić information content (AvgIpc) is 3.62. The van der Waals surface area contributed by atoms with Crippen LogP contribution in [0.1, 0.15) is 31.7 Å². The SMILES string of the molecule is C=C(CC1CCNCC1)Nc1cncc(C(=C)/C=c2/c(-c3nc4c(-c5ccncc5)cccc4[nH]3)n[nH]/c2=C/C)c1. The number of rotatable bonds is 8. The number of para-hydroxylation sites is 1. The fraction of sp³-hybridized carbons (Fsp3) is 0.212. The van der Waals surface area contributed by atoms with Crippen LogP contribution in [0.25, 0.3) is 51.4 Å². The van der Waals surface area contributed by atoms with Crippen LogP contribution < -0.4 is 21.2 Å². The second kappa shape index (κ2) is 11.7. The number of aromatic nitrogens is 6. The van der Waals surface area contributed by atoms with Crippen LogP contribution in [-0.4, -0.2) is 43.2 Å². The number of H-pyrrole nitrogens is 2. The maximum atomic E-state index is 4.98. The van der Waals surface area contributed by atoms with E-state index in [0.717, 1.165) is 80.5 Å². The number of aromatic amines is 2. The molecule has 41 heavy (non-hydrogen) atoms. The molecule has 1 aliphatic rings. The van der Waals surface area contributed by atoms with Gasteiger partial charge < -0.3 is 15.6 Å². The van der Waals surface area contributed by atoms with Crippen LogP contribution in [0.4, 0.5) is 5.69 Å². The van der Waals surface area contributed by atoms with Gasteiger partial charge in [0.1, 0.15) is 5.69 Å². The fourth-order valence-corrected chi connectivity index (χ4v) is 5.45. The number of pyridine rings is 2. The van der Waals surface area contributed by atoms with E-state index in [9.17, 15) is 0 Å². The molecular weight excluding hydrogens is 508 g/mol. The van der Waals surface area contributed by atoms with E-state index in [-0.39, 0.29) is 0 Å². The molecule has 1 aliphatic heterocycles. The number of piperidine rings is 1. The zero-order valence-corrected chi connectivity index (χ0v) is 23.2. The average molecular weight is 543 g/mol. The molecule has 8 heteroatoms. The Morgan fingerprint density at radius 1 is 1.07 bits per heavy atom. The van der Waals surface area contributed by atoms with Gasteiger partial charge in [0, 0.05) is 40.6 Å². The predicted octanol–water partition coefficient (Wildman–Crippen LogP) is 5.02. The Kier molecular flexibility index (Phi) is 7.56. The highest BCUT2D eigenvalue weighted by Gasteiger charge is 2.16. The molecule has 4 N–H and O–H groups in total. The van der Waals surface area contributed by atoms with E-state index in [4.69, 9.17) is 4.98 Å². The van der Waals surface area contributed by atoms with Crippen molar-refractivity contribution in [3.63, 3.8) is 0 Å². The summed E-state index contributed by atoms with van der Waals surface area (Å²) in [5, 5.41) is 16.5. The smallest absolute Gasteiger partial charge is 0.159 e. The number of nitrogens with zero attached hydrogens (tertiary/aromatic N) is 4. The molecule has 0 saturated carbocycles. The van der Waals surface area contributed by atoms with Gasteiger partial charge >= 0.3 is 0 Å². The monoisotopic (exact) mass is 542 g/mol. The van der Waals surface area contributed by atoms with Gasteiger partial charge in [-0.3, -0.25) is 15.1 Å². The Balaban J connectivity index is 1.30. The quantitative estimate of drug-likeness (QED) is 0.219. The molecular formula is C33H34N8. The highest BCUT2D eigenvalue weighted by Crippen LogP contribution is 2.28. The molecule has 0 atom stereocenters. The van der Waals surface area contributed by atoms with Crippen LogP contribution in [0.5, 0.6) is 0 Å². The first-order chi connectivity index (χ1) is 20.1. The lowest BCUT2D eigenvalue weighted by molar-refractivity contribution is 0.373. The molecule has 5 heterocycles. The van der Waals surface area contributed by atoms with Crippen LogP contribution in [0.2, 0.25) is 0 Å². The Morgan fingerprint density at radius 2 is 1.90 bits per heavy atom. The van der Waals surface area contributed by atoms with Crippen molar-refractivity contribution in [2.24, 2.45) is 5.92 Å². The summed E-state index contributed by atoms with van der Waals surface area (Å²) in [6, 6.07) is 12.2. The van der Waals surface area contributed by atoms with Crippen molar-refractivity contribution in [1.29, 1.82) is 0 Å². The number of hydrogen-bond acceptors (Lipinski definition) is 6. The molecule has 0 radical (unpaired) electrons. The first kappa shape index (κ1) is 26.4. The highest BCUT2D eigenvalue weighted by molar-refractivity contribution is 5.94. The van der Waals surface area contributed by atoms with Crippen LogP contribution >= 0.6 is 0 Å². The van der Waals surface area contributed by atoms with Gasteiger partial charge in [-0.2, -0.15) is 5.10 Å². The third-order valence-corrected chi connectivity index (χ3v) is 7.59. The van der Waals surface area contributed by atoms with E-state index in [2.05, 4.69) is 61.1 Å². The van der Waals surface area contributed by atoms with E-state index >= 15 is 0 Å². The summed E-state index contributed by atoms with van der Waals surface area (Å²) in [5.74, 6) is 1.35. The number of benzene rings is 1. The number of allylic oxidation sites excluding steroid dienone is 2. The first-order valence-electron chi connectivity index (χ1n) is 14.0. The van der Waals surface area contributed by atoms with Crippen LogP contribution in [-0.2, 0) is 0 Å². The van der Waals surface area contributed by atoms with Crippen molar-refractivity contribution in [3.8, 4) is 22.6 Å². The molecule has 0 amide bonds. The van der Waals surface area contributed by atoms with E-state index in [1.54, 1.807) is 12.4 Å². The Labute approximate surface area is 239 Å². The topological polar surface area (TPSA) is 107 Å². The van der Waals surface area contributed by atoms with Crippen molar-refractivity contribution in [2.75, 3.05) is 18.4 Å². The van der Waals surface area contributed by atoms with Gasteiger partial charge in [-0.1, -0.05) is 31.4 Å². The normalized spacial score (nSPS) is 15.0. The molecule has 0 aliphatic carbocycles. The van der Waals surface area contributed by atoms with E-state index in [0.29, 0.717) is 11.7 Å². The summed E-state index contributed by atoms with van der Waals surface area (Å²) in [4.78, 5) is 17.1.